The zero-order valence-corrected chi connectivity index (χ0v) is 22.4. The lowest BCUT2D eigenvalue weighted by Gasteiger charge is -2.14. The minimum atomic E-state index is -3.33. The molecule has 0 bridgehead atoms. The quantitative estimate of drug-likeness (QED) is 0.0965. The van der Waals surface area contributed by atoms with Gasteiger partial charge in [-0.1, -0.05) is 69.6 Å². The number of allylic oxidation sites excluding steroid dienone is 2. The van der Waals surface area contributed by atoms with Crippen LogP contribution >= 0.6 is 81.2 Å². The van der Waals surface area contributed by atoms with Gasteiger partial charge in [0, 0.05) is 46.7 Å². The molecule has 0 aromatic carbocycles. The van der Waals surface area contributed by atoms with Crippen LogP contribution in [-0.2, 0) is 19.2 Å². The molecule has 0 aromatic rings. The average molecular weight is 625 g/mol. The molecule has 0 saturated heterocycles. The van der Waals surface area contributed by atoms with E-state index in [1.54, 1.807) is 19.0 Å². The lowest BCUT2D eigenvalue weighted by molar-refractivity contribution is -0.128. The summed E-state index contributed by atoms with van der Waals surface area (Å²) in [6.45, 7) is 0. The highest BCUT2D eigenvalue weighted by atomic mass is 35.6. The van der Waals surface area contributed by atoms with Gasteiger partial charge in [0.05, 0.1) is 5.57 Å². The molecule has 0 amide bonds. The van der Waals surface area contributed by atoms with Gasteiger partial charge in [-0.15, -0.1) is 0 Å². The summed E-state index contributed by atoms with van der Waals surface area (Å²) in [5, 5.41) is -1.60. The number of hydrogen-bond acceptors (Lipinski definition) is 6. The second kappa shape index (κ2) is 17.0. The highest BCUT2D eigenvalue weighted by molar-refractivity contribution is 6.78. The fraction of sp³-hybridized carbons (Fsp3) is 0.500. The van der Waals surface area contributed by atoms with E-state index in [1.807, 2.05) is 0 Å². The van der Waals surface area contributed by atoms with Gasteiger partial charge in [-0.3, -0.25) is 19.2 Å². The highest BCUT2D eigenvalue weighted by Gasteiger charge is 2.38. The van der Waals surface area contributed by atoms with Crippen LogP contribution in [-0.4, -0.2) is 81.0 Å². The minimum Gasteiger partial charge on any atom is -0.383 e. The molecule has 0 heterocycles. The molecule has 0 aliphatic heterocycles. The molecule has 6 nitrogen and oxygen atoms in total. The molecule has 17 heteroatoms. The summed E-state index contributed by atoms with van der Waals surface area (Å²) in [5.41, 5.74) is -0.847. The number of rotatable bonds is 7. The topological polar surface area (TPSA) is 74.8 Å². The Bertz CT molecular complexity index is 735. The lowest BCUT2D eigenvalue weighted by atomic mass is 10.1. The SMILES string of the molecule is CN(C)/C=C(\C(=O)C(F)F)C(=O)C(Cl)(Cl)Cl.CN(C)/C=C/C(=O)C(Cl)(Cl)Cl.O=C(Cl)C(F)F. The van der Waals surface area contributed by atoms with Crippen LogP contribution in [0.5, 0.6) is 0 Å². The van der Waals surface area contributed by atoms with Gasteiger partial charge < -0.3 is 9.80 Å². The summed E-state index contributed by atoms with van der Waals surface area (Å²) in [6.07, 6.45) is -2.73. The molecule has 0 atom stereocenters. The minimum absolute atomic E-state index is 0.545. The van der Waals surface area contributed by atoms with E-state index in [4.69, 9.17) is 74.4 Å². The van der Waals surface area contributed by atoms with Crippen molar-refractivity contribution in [3.63, 3.8) is 0 Å². The molecule has 0 aromatic heterocycles. The Hall–Kier alpha value is -0.490. The van der Waals surface area contributed by atoms with Crippen molar-refractivity contribution in [3.8, 4) is 0 Å². The first-order valence-electron chi connectivity index (χ1n) is 7.81. The third-order valence-corrected chi connectivity index (χ3v) is 3.57. The average Bonchev–Trinajstić information content (AvgIpc) is 2.62. The molecule has 0 aliphatic carbocycles. The fourth-order valence-electron chi connectivity index (χ4n) is 1.07. The van der Waals surface area contributed by atoms with E-state index in [0.717, 1.165) is 6.20 Å². The van der Waals surface area contributed by atoms with Crippen molar-refractivity contribution in [2.24, 2.45) is 0 Å². The van der Waals surface area contributed by atoms with Gasteiger partial charge in [-0.05, 0) is 11.6 Å². The molecule has 0 fully saturated rings. The first kappa shape index (κ1) is 37.1. The van der Waals surface area contributed by atoms with Crippen molar-refractivity contribution in [2.75, 3.05) is 28.2 Å². The van der Waals surface area contributed by atoms with Crippen LogP contribution in [0, 0.1) is 0 Å². The molecule has 33 heavy (non-hydrogen) atoms. The van der Waals surface area contributed by atoms with Crippen molar-refractivity contribution in [2.45, 2.75) is 20.4 Å². The summed E-state index contributed by atoms with van der Waals surface area (Å²) >= 11 is 35.8. The molecular weight excluding hydrogens is 608 g/mol. The van der Waals surface area contributed by atoms with Gasteiger partial charge in [-0.25, -0.2) is 17.6 Å². The fourth-order valence-corrected chi connectivity index (χ4v) is 1.57. The van der Waals surface area contributed by atoms with E-state index in [1.165, 1.54) is 31.3 Å². The lowest BCUT2D eigenvalue weighted by Crippen LogP contribution is -2.29. The predicted octanol–water partition coefficient (Wildman–Crippen LogP) is 5.22. The van der Waals surface area contributed by atoms with E-state index in [2.05, 4.69) is 11.6 Å². The largest absolute Gasteiger partial charge is 0.383 e. The van der Waals surface area contributed by atoms with E-state index in [9.17, 15) is 31.9 Å². The summed E-state index contributed by atoms with van der Waals surface area (Å²) < 4.78 is 41.4. The smallest absolute Gasteiger partial charge is 0.310 e. The zero-order chi connectivity index (χ0) is 27.3. The molecule has 0 rings (SSSR count). The maximum Gasteiger partial charge on any atom is 0.310 e. The van der Waals surface area contributed by atoms with Crippen LogP contribution in [0.1, 0.15) is 0 Å². The molecule has 0 spiro atoms. The predicted molar refractivity (Wildman–Crippen MR) is 123 cm³/mol. The molecule has 0 saturated carbocycles. The molecule has 0 unspecified atom stereocenters. The Balaban J connectivity index is -0.000000457. The second-order valence-electron chi connectivity index (χ2n) is 5.74. The van der Waals surface area contributed by atoms with Gasteiger partial charge in [0.25, 0.3) is 12.8 Å². The first-order chi connectivity index (χ1) is 14.5. The normalized spacial score (nSPS) is 12.0. The Kier molecular flexibility index (Phi) is 19.1. The number of hydrogen-bond donors (Lipinski definition) is 0. The van der Waals surface area contributed by atoms with Crippen molar-refractivity contribution < 1.29 is 36.7 Å². The number of ketones is 3. The molecule has 0 radical (unpaired) electrons. The highest BCUT2D eigenvalue weighted by Crippen LogP contribution is 2.31. The Labute approximate surface area is 222 Å². The van der Waals surface area contributed by atoms with Crippen molar-refractivity contribution >= 4 is 104 Å². The van der Waals surface area contributed by atoms with Crippen LogP contribution in [0.2, 0.25) is 0 Å². The molecule has 0 N–H and O–H groups in total. The summed E-state index contributed by atoms with van der Waals surface area (Å²) in [5.74, 6) is -3.50. The summed E-state index contributed by atoms with van der Waals surface area (Å²) in [7, 11) is 6.40. The number of alkyl halides is 10. The van der Waals surface area contributed by atoms with Crippen LogP contribution in [0.3, 0.4) is 0 Å². The third kappa shape index (κ3) is 20.6. The van der Waals surface area contributed by atoms with E-state index in [0.29, 0.717) is 0 Å². The van der Waals surface area contributed by atoms with Crippen molar-refractivity contribution in [3.05, 3.63) is 24.0 Å². The van der Waals surface area contributed by atoms with E-state index in [-0.39, 0.29) is 0 Å². The monoisotopic (exact) mass is 622 g/mol. The van der Waals surface area contributed by atoms with Crippen molar-refractivity contribution in [1.29, 1.82) is 0 Å². The summed E-state index contributed by atoms with van der Waals surface area (Å²) in [6, 6.07) is 0. The third-order valence-electron chi connectivity index (χ3n) is 2.33. The van der Waals surface area contributed by atoms with Gasteiger partial charge in [0.15, 0.2) is 0 Å². The number of halogens is 11. The van der Waals surface area contributed by atoms with Crippen LogP contribution in [0.25, 0.3) is 0 Å². The zero-order valence-electron chi connectivity index (χ0n) is 17.1. The van der Waals surface area contributed by atoms with Gasteiger partial charge in [0.2, 0.25) is 17.3 Å². The summed E-state index contributed by atoms with van der Waals surface area (Å²) in [4.78, 5) is 45.3. The van der Waals surface area contributed by atoms with Gasteiger partial charge in [-0.2, -0.15) is 0 Å². The van der Waals surface area contributed by atoms with Gasteiger partial charge >= 0.3 is 12.9 Å². The standard InChI is InChI=1S/C8H8Cl3F2NO2.C6H8Cl3NO.C2HClF2O/c1-14(2)3-4(5(15)7(12)13)6(16)8(9,10)11;1-10(2)4-3-5(11)6(7,8)9;3-1(6)2(4)5/h3,7H,1-2H3;3-4H,1-2H3;2H/b2*4-3+;. The first-order valence-corrected chi connectivity index (χ1v) is 10.5. The van der Waals surface area contributed by atoms with Crippen molar-refractivity contribution in [1.82, 2.24) is 9.80 Å². The Morgan fingerprint density at radius 3 is 1.36 bits per heavy atom. The van der Waals surface area contributed by atoms with E-state index >= 15 is 0 Å². The second-order valence-corrected chi connectivity index (χ2v) is 10.7. The van der Waals surface area contributed by atoms with Crippen LogP contribution in [0.15, 0.2) is 24.0 Å². The molecular formula is C16H17Cl7F4N2O4. The Morgan fingerprint density at radius 1 is 0.758 bits per heavy atom. The number of nitrogens with zero attached hydrogens (tertiary/aromatic N) is 2. The number of carbonyl (C=O) groups excluding carboxylic acids is 4. The van der Waals surface area contributed by atoms with E-state index < -0.39 is 48.6 Å². The maximum atomic E-state index is 12.2. The maximum absolute atomic E-state index is 12.2. The van der Waals surface area contributed by atoms with Gasteiger partial charge in [0.1, 0.15) is 0 Å². The Morgan fingerprint density at radius 2 is 1.15 bits per heavy atom. The molecule has 0 aliphatic rings. The number of carbonyl (C=O) groups is 4. The van der Waals surface area contributed by atoms with Crippen LogP contribution in [0.4, 0.5) is 17.6 Å². The number of Topliss-reactive ketones (excluding diaryl/α,β-unsaturated/α-hetero) is 2. The molecule has 192 valence electrons. The van der Waals surface area contributed by atoms with Crippen LogP contribution < -0.4 is 0 Å².